The molecule has 0 spiro atoms. The van der Waals surface area contributed by atoms with Crippen LogP contribution in [0.5, 0.6) is 23.0 Å². The highest BCUT2D eigenvalue weighted by Crippen LogP contribution is 2.39. The summed E-state index contributed by atoms with van der Waals surface area (Å²) in [5, 5.41) is 0. The normalized spacial score (nSPS) is 14.8. The van der Waals surface area contributed by atoms with E-state index in [4.69, 9.17) is 23.7 Å². The summed E-state index contributed by atoms with van der Waals surface area (Å²) in [5.74, 6) is 0.737. The van der Waals surface area contributed by atoms with Gasteiger partial charge in [0.2, 0.25) is 13.6 Å². The number of benzene rings is 2. The standard InChI is InChI=1S/C19H16O7/c1-10(19(21)22-2)12-6-16-17(26-9-25-16)7-13(12)18(20)11-3-4-14-15(5-11)24-8-23-14/h3-7,10H,8-9H2,1-2H3. The Hall–Kier alpha value is -3.22. The lowest BCUT2D eigenvalue weighted by Crippen LogP contribution is -2.15. The van der Waals surface area contributed by atoms with Crippen LogP contribution in [0.25, 0.3) is 0 Å². The summed E-state index contributed by atoms with van der Waals surface area (Å²) in [6.07, 6.45) is 0. The molecule has 1 unspecified atom stereocenters. The molecule has 0 radical (unpaired) electrons. The average molecular weight is 356 g/mol. The number of esters is 1. The van der Waals surface area contributed by atoms with Crippen LogP contribution in [0.15, 0.2) is 30.3 Å². The van der Waals surface area contributed by atoms with Crippen LogP contribution in [-0.4, -0.2) is 32.4 Å². The maximum Gasteiger partial charge on any atom is 0.312 e. The molecule has 2 heterocycles. The van der Waals surface area contributed by atoms with E-state index in [9.17, 15) is 9.59 Å². The van der Waals surface area contributed by atoms with Gasteiger partial charge in [-0.1, -0.05) is 0 Å². The van der Waals surface area contributed by atoms with E-state index in [2.05, 4.69) is 0 Å². The first-order valence-corrected chi connectivity index (χ1v) is 8.04. The SMILES string of the molecule is COC(=O)C(C)c1cc2c(cc1C(=O)c1ccc3c(c1)OCO3)OCO2. The zero-order valence-electron chi connectivity index (χ0n) is 14.2. The molecule has 0 saturated heterocycles. The first kappa shape index (κ1) is 16.3. The minimum Gasteiger partial charge on any atom is -0.469 e. The number of carbonyl (C=O) groups is 2. The number of ketones is 1. The summed E-state index contributed by atoms with van der Waals surface area (Å²) in [5.41, 5.74) is 1.29. The molecule has 0 fully saturated rings. The van der Waals surface area contributed by atoms with Crippen LogP contribution in [0.2, 0.25) is 0 Å². The molecule has 0 aromatic heterocycles. The zero-order valence-corrected chi connectivity index (χ0v) is 14.2. The molecular weight excluding hydrogens is 340 g/mol. The third kappa shape index (κ3) is 2.61. The fraction of sp³-hybridized carbons (Fsp3) is 0.263. The molecular formula is C19H16O7. The molecule has 0 amide bonds. The Morgan fingerprint density at radius 2 is 1.54 bits per heavy atom. The lowest BCUT2D eigenvalue weighted by atomic mass is 9.90. The van der Waals surface area contributed by atoms with Crippen molar-refractivity contribution in [2.24, 2.45) is 0 Å². The van der Waals surface area contributed by atoms with Crippen LogP contribution in [0.1, 0.15) is 34.3 Å². The van der Waals surface area contributed by atoms with E-state index < -0.39 is 11.9 Å². The number of methoxy groups -OCH3 is 1. The monoisotopic (exact) mass is 356 g/mol. The summed E-state index contributed by atoms with van der Waals surface area (Å²) in [6.45, 7) is 1.88. The smallest absolute Gasteiger partial charge is 0.312 e. The van der Waals surface area contributed by atoms with Gasteiger partial charge in [0, 0.05) is 11.1 Å². The molecule has 0 bridgehead atoms. The van der Waals surface area contributed by atoms with Gasteiger partial charge in [0.1, 0.15) is 0 Å². The van der Waals surface area contributed by atoms with Gasteiger partial charge in [0.05, 0.1) is 13.0 Å². The largest absolute Gasteiger partial charge is 0.469 e. The fourth-order valence-corrected chi connectivity index (χ4v) is 3.01. The van der Waals surface area contributed by atoms with E-state index >= 15 is 0 Å². The molecule has 134 valence electrons. The topological polar surface area (TPSA) is 80.3 Å². The number of rotatable bonds is 4. The van der Waals surface area contributed by atoms with E-state index in [0.717, 1.165) is 0 Å². The number of fused-ring (bicyclic) bond motifs is 2. The quantitative estimate of drug-likeness (QED) is 0.615. The van der Waals surface area contributed by atoms with Crippen LogP contribution in [0, 0.1) is 0 Å². The second kappa shape index (κ2) is 6.25. The van der Waals surface area contributed by atoms with Gasteiger partial charge in [-0.3, -0.25) is 9.59 Å². The van der Waals surface area contributed by atoms with Crippen LogP contribution in [0.4, 0.5) is 0 Å². The van der Waals surface area contributed by atoms with Crippen molar-refractivity contribution in [3.63, 3.8) is 0 Å². The Balaban J connectivity index is 1.79. The molecule has 0 saturated carbocycles. The van der Waals surface area contributed by atoms with E-state index in [1.807, 2.05) is 0 Å². The molecule has 2 aliphatic rings. The second-order valence-corrected chi connectivity index (χ2v) is 5.93. The van der Waals surface area contributed by atoms with Gasteiger partial charge in [-0.05, 0) is 42.8 Å². The molecule has 26 heavy (non-hydrogen) atoms. The predicted molar refractivity (Wildman–Crippen MR) is 89.0 cm³/mol. The van der Waals surface area contributed by atoms with Crippen molar-refractivity contribution in [1.29, 1.82) is 0 Å². The molecule has 4 rings (SSSR count). The van der Waals surface area contributed by atoms with Gasteiger partial charge in [-0.25, -0.2) is 0 Å². The van der Waals surface area contributed by atoms with Crippen molar-refractivity contribution in [3.8, 4) is 23.0 Å². The maximum absolute atomic E-state index is 13.1. The predicted octanol–water partition coefficient (Wildman–Crippen LogP) is 2.65. The molecule has 0 aliphatic carbocycles. The minimum atomic E-state index is -0.637. The Kier molecular flexibility index (Phi) is 3.91. The Bertz CT molecular complexity index is 903. The maximum atomic E-state index is 13.1. The van der Waals surface area contributed by atoms with Crippen molar-refractivity contribution < 1.29 is 33.3 Å². The molecule has 0 N–H and O–H groups in total. The molecule has 2 aromatic rings. The average Bonchev–Trinajstić information content (AvgIpc) is 3.32. The Labute approximate surface area is 149 Å². The van der Waals surface area contributed by atoms with E-state index in [-0.39, 0.29) is 19.4 Å². The zero-order chi connectivity index (χ0) is 18.3. The van der Waals surface area contributed by atoms with E-state index in [0.29, 0.717) is 39.7 Å². The van der Waals surface area contributed by atoms with Crippen molar-refractivity contribution in [2.45, 2.75) is 12.8 Å². The first-order chi connectivity index (χ1) is 12.6. The van der Waals surface area contributed by atoms with Crippen molar-refractivity contribution in [2.75, 3.05) is 20.7 Å². The van der Waals surface area contributed by atoms with Gasteiger partial charge in [-0.15, -0.1) is 0 Å². The van der Waals surface area contributed by atoms with Crippen molar-refractivity contribution in [3.05, 3.63) is 47.0 Å². The number of carbonyl (C=O) groups excluding carboxylic acids is 2. The van der Waals surface area contributed by atoms with E-state index in [1.54, 1.807) is 37.3 Å². The fourth-order valence-electron chi connectivity index (χ4n) is 3.01. The Morgan fingerprint density at radius 1 is 0.923 bits per heavy atom. The molecule has 2 aliphatic heterocycles. The van der Waals surface area contributed by atoms with Crippen LogP contribution < -0.4 is 18.9 Å². The second-order valence-electron chi connectivity index (χ2n) is 5.93. The third-order valence-electron chi connectivity index (χ3n) is 4.45. The Morgan fingerprint density at radius 3 is 2.23 bits per heavy atom. The minimum absolute atomic E-state index is 0.0725. The number of ether oxygens (including phenoxy) is 5. The highest BCUT2D eigenvalue weighted by molar-refractivity contribution is 6.11. The first-order valence-electron chi connectivity index (χ1n) is 8.04. The third-order valence-corrected chi connectivity index (χ3v) is 4.45. The highest BCUT2D eigenvalue weighted by Gasteiger charge is 2.28. The van der Waals surface area contributed by atoms with Crippen LogP contribution in [0.3, 0.4) is 0 Å². The summed E-state index contributed by atoms with van der Waals surface area (Å²) in [6, 6.07) is 8.23. The summed E-state index contributed by atoms with van der Waals surface area (Å²) in [4.78, 5) is 25.2. The summed E-state index contributed by atoms with van der Waals surface area (Å²) < 4.78 is 26.2. The van der Waals surface area contributed by atoms with Crippen molar-refractivity contribution >= 4 is 11.8 Å². The highest BCUT2D eigenvalue weighted by atomic mass is 16.7. The molecule has 7 heteroatoms. The van der Waals surface area contributed by atoms with Crippen LogP contribution in [-0.2, 0) is 9.53 Å². The lowest BCUT2D eigenvalue weighted by molar-refractivity contribution is -0.141. The molecule has 2 aromatic carbocycles. The van der Waals surface area contributed by atoms with Gasteiger partial charge in [-0.2, -0.15) is 0 Å². The van der Waals surface area contributed by atoms with E-state index in [1.165, 1.54) is 7.11 Å². The van der Waals surface area contributed by atoms with Gasteiger partial charge < -0.3 is 23.7 Å². The van der Waals surface area contributed by atoms with Gasteiger partial charge >= 0.3 is 5.97 Å². The summed E-state index contributed by atoms with van der Waals surface area (Å²) in [7, 11) is 1.31. The lowest BCUT2D eigenvalue weighted by Gasteiger charge is -2.15. The van der Waals surface area contributed by atoms with Crippen molar-refractivity contribution in [1.82, 2.24) is 0 Å². The van der Waals surface area contributed by atoms with Gasteiger partial charge in [0.15, 0.2) is 28.8 Å². The molecule has 1 atom stereocenters. The summed E-state index contributed by atoms with van der Waals surface area (Å²) >= 11 is 0. The number of hydrogen-bond acceptors (Lipinski definition) is 7. The van der Waals surface area contributed by atoms with Gasteiger partial charge in [0.25, 0.3) is 0 Å². The van der Waals surface area contributed by atoms with Crippen LogP contribution >= 0.6 is 0 Å². The number of hydrogen-bond donors (Lipinski definition) is 0. The molecule has 7 nitrogen and oxygen atoms in total.